The first-order valence-corrected chi connectivity index (χ1v) is 13.4. The Kier molecular flexibility index (Phi) is 7.56. The number of allylic oxidation sites excluding steroid dienone is 1. The SMILES string of the molecule is C=CCn1c(=NC(=O)c2cccc(NS(=O)(=O)c3ccc(OC)cc3)c2)sc2cc(OCC)ccc21. The molecule has 0 saturated heterocycles. The molecule has 0 aliphatic carbocycles. The largest absolute Gasteiger partial charge is 0.497 e. The third kappa shape index (κ3) is 5.50. The van der Waals surface area contributed by atoms with E-state index >= 15 is 0 Å². The van der Waals surface area contributed by atoms with Crippen LogP contribution in [0.25, 0.3) is 10.2 Å². The number of anilines is 1. The molecule has 0 saturated carbocycles. The Bertz CT molecular complexity index is 1590. The minimum atomic E-state index is -3.85. The molecule has 36 heavy (non-hydrogen) atoms. The number of ether oxygens (including phenoxy) is 2. The fourth-order valence-electron chi connectivity index (χ4n) is 3.54. The highest BCUT2D eigenvalue weighted by Crippen LogP contribution is 2.24. The van der Waals surface area contributed by atoms with Gasteiger partial charge in [-0.1, -0.05) is 23.5 Å². The lowest BCUT2D eigenvalue weighted by atomic mass is 10.2. The average molecular weight is 524 g/mol. The molecule has 4 rings (SSSR count). The van der Waals surface area contributed by atoms with Crippen LogP contribution in [0.1, 0.15) is 17.3 Å². The minimum Gasteiger partial charge on any atom is -0.497 e. The number of thiazole rings is 1. The number of aromatic nitrogens is 1. The number of nitrogens with one attached hydrogen (secondary N) is 1. The number of benzene rings is 3. The summed E-state index contributed by atoms with van der Waals surface area (Å²) >= 11 is 1.37. The van der Waals surface area contributed by atoms with E-state index in [1.807, 2.05) is 29.7 Å². The summed E-state index contributed by atoms with van der Waals surface area (Å²) in [5, 5.41) is 0. The molecule has 0 radical (unpaired) electrons. The summed E-state index contributed by atoms with van der Waals surface area (Å²) in [6.07, 6.45) is 1.74. The van der Waals surface area contributed by atoms with Gasteiger partial charge < -0.3 is 14.0 Å². The van der Waals surface area contributed by atoms with Crippen molar-refractivity contribution < 1.29 is 22.7 Å². The number of carbonyl (C=O) groups is 1. The van der Waals surface area contributed by atoms with Gasteiger partial charge in [0.1, 0.15) is 11.5 Å². The summed E-state index contributed by atoms with van der Waals surface area (Å²) in [5.41, 5.74) is 1.42. The number of methoxy groups -OCH3 is 1. The van der Waals surface area contributed by atoms with Crippen LogP contribution in [0.4, 0.5) is 5.69 Å². The van der Waals surface area contributed by atoms with E-state index in [1.54, 1.807) is 36.4 Å². The summed E-state index contributed by atoms with van der Waals surface area (Å²) < 4.78 is 41.6. The molecular weight excluding hydrogens is 498 g/mol. The first-order chi connectivity index (χ1) is 17.3. The predicted molar refractivity (Wildman–Crippen MR) is 141 cm³/mol. The highest BCUT2D eigenvalue weighted by Gasteiger charge is 2.16. The Hall–Kier alpha value is -3.89. The van der Waals surface area contributed by atoms with E-state index < -0.39 is 15.9 Å². The van der Waals surface area contributed by atoms with Crippen molar-refractivity contribution in [2.45, 2.75) is 18.4 Å². The minimum absolute atomic E-state index is 0.0758. The quantitative estimate of drug-likeness (QED) is 0.317. The molecule has 10 heteroatoms. The Morgan fingerprint density at radius 1 is 1.11 bits per heavy atom. The molecule has 0 spiro atoms. The number of nitrogens with zero attached hydrogens (tertiary/aromatic N) is 2. The number of rotatable bonds is 9. The Morgan fingerprint density at radius 3 is 2.56 bits per heavy atom. The van der Waals surface area contributed by atoms with Crippen molar-refractivity contribution in [3.63, 3.8) is 0 Å². The van der Waals surface area contributed by atoms with Gasteiger partial charge in [0.25, 0.3) is 15.9 Å². The number of sulfonamides is 1. The Morgan fingerprint density at radius 2 is 1.86 bits per heavy atom. The molecule has 0 atom stereocenters. The molecule has 4 aromatic rings. The fourth-order valence-corrected chi connectivity index (χ4v) is 5.65. The molecule has 3 aromatic carbocycles. The monoisotopic (exact) mass is 523 g/mol. The summed E-state index contributed by atoms with van der Waals surface area (Å²) in [6.45, 7) is 6.75. The fraction of sp³-hybridized carbons (Fsp3) is 0.154. The van der Waals surface area contributed by atoms with E-state index in [0.29, 0.717) is 23.7 Å². The third-order valence-electron chi connectivity index (χ3n) is 5.21. The lowest BCUT2D eigenvalue weighted by Gasteiger charge is -2.09. The van der Waals surface area contributed by atoms with Crippen LogP contribution in [-0.4, -0.2) is 32.6 Å². The van der Waals surface area contributed by atoms with Gasteiger partial charge in [-0.15, -0.1) is 6.58 Å². The second-order valence-electron chi connectivity index (χ2n) is 7.63. The van der Waals surface area contributed by atoms with Crippen molar-refractivity contribution in [1.82, 2.24) is 4.57 Å². The van der Waals surface area contributed by atoms with Crippen molar-refractivity contribution in [2.24, 2.45) is 4.99 Å². The smallest absolute Gasteiger partial charge is 0.279 e. The van der Waals surface area contributed by atoms with Crippen molar-refractivity contribution in [1.29, 1.82) is 0 Å². The zero-order valence-electron chi connectivity index (χ0n) is 19.8. The first-order valence-electron chi connectivity index (χ1n) is 11.1. The number of carbonyl (C=O) groups excluding carboxylic acids is 1. The normalized spacial score (nSPS) is 11.9. The number of hydrogen-bond acceptors (Lipinski definition) is 6. The van der Waals surface area contributed by atoms with Crippen LogP contribution in [0.5, 0.6) is 11.5 Å². The molecule has 1 amide bonds. The van der Waals surface area contributed by atoms with Gasteiger partial charge in [0.05, 0.1) is 28.8 Å². The van der Waals surface area contributed by atoms with Crippen LogP contribution in [0.2, 0.25) is 0 Å². The zero-order valence-corrected chi connectivity index (χ0v) is 21.4. The summed E-state index contributed by atoms with van der Waals surface area (Å²) in [7, 11) is -2.35. The first kappa shape index (κ1) is 25.2. The van der Waals surface area contributed by atoms with E-state index in [4.69, 9.17) is 9.47 Å². The van der Waals surface area contributed by atoms with Crippen LogP contribution in [0.3, 0.4) is 0 Å². The molecule has 0 aliphatic heterocycles. The lowest BCUT2D eigenvalue weighted by Crippen LogP contribution is -2.16. The van der Waals surface area contributed by atoms with Gasteiger partial charge in [-0.25, -0.2) is 8.42 Å². The number of fused-ring (bicyclic) bond motifs is 1. The summed E-state index contributed by atoms with van der Waals surface area (Å²) in [5.74, 6) is 0.800. The number of amides is 1. The molecule has 186 valence electrons. The van der Waals surface area contributed by atoms with Crippen LogP contribution in [-0.2, 0) is 16.6 Å². The van der Waals surface area contributed by atoms with Gasteiger partial charge in [0.2, 0.25) is 0 Å². The van der Waals surface area contributed by atoms with Crippen LogP contribution in [0, 0.1) is 0 Å². The standard InChI is InChI=1S/C26H25N3O5S2/c1-4-15-29-23-14-11-21(34-5-2)17-24(23)35-26(29)27-25(30)18-7-6-8-19(16-18)28-36(31,32)22-12-9-20(33-3)10-13-22/h4,6-14,16-17,28H,1,5,15H2,2-3H3. The van der Waals surface area contributed by atoms with Crippen molar-refractivity contribution in [3.8, 4) is 11.5 Å². The zero-order chi connectivity index (χ0) is 25.7. The van der Waals surface area contributed by atoms with E-state index in [-0.39, 0.29) is 16.1 Å². The van der Waals surface area contributed by atoms with E-state index in [1.165, 1.54) is 36.6 Å². The highest BCUT2D eigenvalue weighted by molar-refractivity contribution is 7.92. The maximum atomic E-state index is 13.1. The maximum Gasteiger partial charge on any atom is 0.279 e. The van der Waals surface area contributed by atoms with Gasteiger partial charge in [0, 0.05) is 17.8 Å². The van der Waals surface area contributed by atoms with Gasteiger partial charge in [-0.2, -0.15) is 4.99 Å². The van der Waals surface area contributed by atoms with Crippen LogP contribution in [0.15, 0.2) is 89.3 Å². The molecule has 0 fully saturated rings. The Balaban J connectivity index is 1.65. The van der Waals surface area contributed by atoms with Gasteiger partial charge >= 0.3 is 0 Å². The molecule has 0 unspecified atom stereocenters. The molecule has 0 bridgehead atoms. The van der Waals surface area contributed by atoms with E-state index in [9.17, 15) is 13.2 Å². The summed E-state index contributed by atoms with van der Waals surface area (Å²) in [6, 6.07) is 18.0. The van der Waals surface area contributed by atoms with Crippen LogP contribution < -0.4 is 19.0 Å². The van der Waals surface area contributed by atoms with Crippen molar-refractivity contribution in [2.75, 3.05) is 18.4 Å². The second-order valence-corrected chi connectivity index (χ2v) is 10.3. The predicted octanol–water partition coefficient (Wildman–Crippen LogP) is 4.84. The lowest BCUT2D eigenvalue weighted by molar-refractivity contribution is 0.0998. The Labute approximate surface area is 213 Å². The topological polar surface area (TPSA) is 99.0 Å². The van der Waals surface area contributed by atoms with Crippen molar-refractivity contribution in [3.05, 3.63) is 89.7 Å². The second kappa shape index (κ2) is 10.8. The van der Waals surface area contributed by atoms with Gasteiger partial charge in [-0.05, 0) is 67.6 Å². The van der Waals surface area contributed by atoms with E-state index in [2.05, 4.69) is 16.3 Å². The molecule has 8 nitrogen and oxygen atoms in total. The van der Waals surface area contributed by atoms with Gasteiger partial charge in [0.15, 0.2) is 4.80 Å². The highest BCUT2D eigenvalue weighted by atomic mass is 32.2. The molecule has 1 N–H and O–H groups in total. The van der Waals surface area contributed by atoms with Crippen molar-refractivity contribution >= 4 is 43.2 Å². The summed E-state index contributed by atoms with van der Waals surface area (Å²) in [4.78, 5) is 18.0. The average Bonchev–Trinajstić information content (AvgIpc) is 3.20. The molecule has 1 heterocycles. The molecule has 1 aromatic heterocycles. The van der Waals surface area contributed by atoms with Gasteiger partial charge in [-0.3, -0.25) is 9.52 Å². The third-order valence-corrected chi connectivity index (χ3v) is 7.64. The van der Waals surface area contributed by atoms with E-state index in [0.717, 1.165) is 16.0 Å². The van der Waals surface area contributed by atoms with Crippen LogP contribution >= 0.6 is 11.3 Å². The maximum absolute atomic E-state index is 13.1. The molecular formula is C26H25N3O5S2. The number of hydrogen-bond donors (Lipinski definition) is 1. The molecule has 0 aliphatic rings.